The number of nitrogens with zero attached hydrogens (tertiary/aromatic N) is 1. The van der Waals surface area contributed by atoms with Gasteiger partial charge in [-0.1, -0.05) is 30.4 Å². The molecule has 3 rings (SSSR count). The molecule has 1 unspecified atom stereocenters. The number of likely N-dealkylation sites (N-methyl/N-ethyl adjacent to an activating group) is 1. The molecule has 6 heteroatoms. The van der Waals surface area contributed by atoms with Crippen LogP contribution in [0.3, 0.4) is 0 Å². The van der Waals surface area contributed by atoms with E-state index in [4.69, 9.17) is 9.84 Å². The SMILES string of the molecule is CN(CCO)C[C@H]1CCc2ccc(S(=O)(=O)C3C=CC=CC3)cc2O1. The number of allylic oxidation sites excluding steroid dienone is 3. The van der Waals surface area contributed by atoms with E-state index < -0.39 is 15.1 Å². The first-order chi connectivity index (χ1) is 12.0. The Morgan fingerprint density at radius 2 is 2.16 bits per heavy atom. The highest BCUT2D eigenvalue weighted by Gasteiger charge is 2.28. The van der Waals surface area contributed by atoms with Gasteiger partial charge in [0, 0.05) is 13.1 Å². The maximum atomic E-state index is 12.8. The van der Waals surface area contributed by atoms with Crippen LogP contribution in [0.1, 0.15) is 18.4 Å². The van der Waals surface area contributed by atoms with Crippen LogP contribution in [0.25, 0.3) is 0 Å². The smallest absolute Gasteiger partial charge is 0.185 e. The number of benzene rings is 1. The lowest BCUT2D eigenvalue weighted by Gasteiger charge is -2.29. The second-order valence-electron chi connectivity index (χ2n) is 6.67. The molecule has 0 radical (unpaired) electrons. The summed E-state index contributed by atoms with van der Waals surface area (Å²) in [5.41, 5.74) is 1.05. The first-order valence-corrected chi connectivity index (χ1v) is 10.2. The van der Waals surface area contributed by atoms with Crippen molar-refractivity contribution in [1.82, 2.24) is 4.90 Å². The van der Waals surface area contributed by atoms with Gasteiger partial charge in [-0.3, -0.25) is 0 Å². The van der Waals surface area contributed by atoms with E-state index in [1.165, 1.54) is 0 Å². The lowest BCUT2D eigenvalue weighted by molar-refractivity contribution is 0.115. The van der Waals surface area contributed by atoms with Crippen LogP contribution in [-0.4, -0.2) is 56.5 Å². The second kappa shape index (κ2) is 7.72. The lowest BCUT2D eigenvalue weighted by Crippen LogP contribution is -2.36. The van der Waals surface area contributed by atoms with Crippen LogP contribution in [0, 0.1) is 0 Å². The third-order valence-corrected chi connectivity index (χ3v) is 6.79. The minimum Gasteiger partial charge on any atom is -0.489 e. The standard InChI is InChI=1S/C19H25NO4S/c1-20(11-12-21)14-16-9-7-15-8-10-18(13-19(15)24-16)25(22,23)17-5-3-2-4-6-17/h2-5,8,10,13,16-17,21H,6-7,9,11-12,14H2,1H3/t16-,17?/m1/s1. The van der Waals surface area contributed by atoms with Gasteiger partial charge in [0.2, 0.25) is 0 Å². The highest BCUT2D eigenvalue weighted by Crippen LogP contribution is 2.32. The lowest BCUT2D eigenvalue weighted by atomic mass is 10.0. The fourth-order valence-electron chi connectivity index (χ4n) is 3.28. The van der Waals surface area contributed by atoms with Crippen LogP contribution in [0.2, 0.25) is 0 Å². The number of fused-ring (bicyclic) bond motifs is 1. The van der Waals surface area contributed by atoms with Gasteiger partial charge in [-0.2, -0.15) is 0 Å². The van der Waals surface area contributed by atoms with Gasteiger partial charge in [0.05, 0.1) is 16.8 Å². The van der Waals surface area contributed by atoms with Crippen LogP contribution in [0.15, 0.2) is 47.4 Å². The van der Waals surface area contributed by atoms with Gasteiger partial charge in [-0.25, -0.2) is 8.42 Å². The van der Waals surface area contributed by atoms with Crippen molar-refractivity contribution in [2.75, 3.05) is 26.7 Å². The van der Waals surface area contributed by atoms with Crippen LogP contribution < -0.4 is 4.74 Å². The van der Waals surface area contributed by atoms with Gasteiger partial charge < -0.3 is 14.7 Å². The summed E-state index contributed by atoms with van der Waals surface area (Å²) in [5.74, 6) is 0.671. The quantitative estimate of drug-likeness (QED) is 0.837. The molecule has 1 aromatic carbocycles. The topological polar surface area (TPSA) is 66.8 Å². The van der Waals surface area contributed by atoms with E-state index in [1.807, 2.05) is 30.2 Å². The van der Waals surface area contributed by atoms with Crippen molar-refractivity contribution in [3.8, 4) is 5.75 Å². The van der Waals surface area contributed by atoms with Gasteiger partial charge in [-0.15, -0.1) is 0 Å². The number of aryl methyl sites for hydroxylation is 1. The number of rotatable bonds is 6. The third-order valence-electron chi connectivity index (χ3n) is 4.73. The molecule has 0 bridgehead atoms. The van der Waals surface area contributed by atoms with E-state index in [9.17, 15) is 8.42 Å². The van der Waals surface area contributed by atoms with Crippen molar-refractivity contribution >= 4 is 9.84 Å². The molecule has 1 N–H and O–H groups in total. The molecule has 136 valence electrons. The molecule has 1 heterocycles. The predicted octanol–water partition coefficient (Wildman–Crippen LogP) is 1.96. The monoisotopic (exact) mass is 363 g/mol. The summed E-state index contributed by atoms with van der Waals surface area (Å²) in [7, 11) is -1.46. The molecule has 2 aliphatic rings. The molecule has 0 aromatic heterocycles. The number of aliphatic hydroxyl groups is 1. The summed E-state index contributed by atoms with van der Waals surface area (Å²) in [5, 5.41) is 8.51. The zero-order valence-corrected chi connectivity index (χ0v) is 15.3. The normalized spacial score (nSPS) is 22.7. The second-order valence-corrected chi connectivity index (χ2v) is 8.83. The Bertz CT molecular complexity index is 770. The van der Waals surface area contributed by atoms with Crippen LogP contribution in [-0.2, 0) is 16.3 Å². The van der Waals surface area contributed by atoms with Gasteiger partial charge in [-0.05, 0) is 44.0 Å². The number of aliphatic hydroxyl groups excluding tert-OH is 1. The molecule has 25 heavy (non-hydrogen) atoms. The zero-order chi connectivity index (χ0) is 17.9. The van der Waals surface area contributed by atoms with Gasteiger partial charge in [0.1, 0.15) is 11.9 Å². The van der Waals surface area contributed by atoms with E-state index in [-0.39, 0.29) is 12.7 Å². The zero-order valence-electron chi connectivity index (χ0n) is 14.5. The largest absolute Gasteiger partial charge is 0.489 e. The van der Waals surface area contributed by atoms with Crippen LogP contribution in [0.5, 0.6) is 5.75 Å². The Morgan fingerprint density at radius 1 is 1.32 bits per heavy atom. The van der Waals surface area contributed by atoms with E-state index in [0.717, 1.165) is 18.4 Å². The Labute approximate surface area is 149 Å². The number of hydrogen-bond acceptors (Lipinski definition) is 5. The van der Waals surface area contributed by atoms with Crippen molar-refractivity contribution in [2.45, 2.75) is 35.5 Å². The molecule has 1 aliphatic carbocycles. The molecular weight excluding hydrogens is 338 g/mol. The summed E-state index contributed by atoms with van der Waals surface area (Å²) in [4.78, 5) is 2.34. The Balaban J connectivity index is 1.78. The van der Waals surface area contributed by atoms with Crippen molar-refractivity contribution in [3.05, 3.63) is 48.1 Å². The van der Waals surface area contributed by atoms with Crippen LogP contribution in [0.4, 0.5) is 0 Å². The summed E-state index contributed by atoms with van der Waals surface area (Å²) in [6.45, 7) is 1.43. The van der Waals surface area contributed by atoms with Gasteiger partial charge in [0.25, 0.3) is 0 Å². The van der Waals surface area contributed by atoms with Crippen molar-refractivity contribution < 1.29 is 18.3 Å². The molecule has 0 saturated carbocycles. The average Bonchev–Trinajstić information content (AvgIpc) is 2.62. The molecule has 0 amide bonds. The van der Waals surface area contributed by atoms with E-state index in [1.54, 1.807) is 24.3 Å². The Hall–Kier alpha value is -1.63. The molecule has 2 atom stereocenters. The number of ether oxygens (including phenoxy) is 1. The summed E-state index contributed by atoms with van der Waals surface area (Å²) in [6.07, 6.45) is 9.56. The average molecular weight is 363 g/mol. The van der Waals surface area contributed by atoms with Crippen LogP contribution >= 0.6 is 0 Å². The minimum absolute atomic E-state index is 0.0134. The molecule has 1 aliphatic heterocycles. The molecule has 5 nitrogen and oxygen atoms in total. The molecule has 1 aromatic rings. The highest BCUT2D eigenvalue weighted by atomic mass is 32.2. The maximum absolute atomic E-state index is 12.8. The fraction of sp³-hybridized carbons (Fsp3) is 0.474. The van der Waals surface area contributed by atoms with Crippen molar-refractivity contribution in [2.24, 2.45) is 0 Å². The molecule has 0 saturated heterocycles. The molecule has 0 spiro atoms. The first-order valence-electron chi connectivity index (χ1n) is 8.67. The first kappa shape index (κ1) is 18.2. The van der Waals surface area contributed by atoms with Gasteiger partial charge in [0.15, 0.2) is 9.84 Å². The summed E-state index contributed by atoms with van der Waals surface area (Å²) < 4.78 is 31.7. The fourth-order valence-corrected chi connectivity index (χ4v) is 4.82. The Morgan fingerprint density at radius 3 is 2.88 bits per heavy atom. The van der Waals surface area contributed by atoms with E-state index in [0.29, 0.717) is 30.2 Å². The van der Waals surface area contributed by atoms with Crippen molar-refractivity contribution in [1.29, 1.82) is 0 Å². The Kier molecular flexibility index (Phi) is 5.61. The van der Waals surface area contributed by atoms with Gasteiger partial charge >= 0.3 is 0 Å². The molecule has 0 fully saturated rings. The number of hydrogen-bond donors (Lipinski definition) is 1. The van der Waals surface area contributed by atoms with E-state index >= 15 is 0 Å². The predicted molar refractivity (Wildman–Crippen MR) is 97.6 cm³/mol. The maximum Gasteiger partial charge on any atom is 0.185 e. The summed E-state index contributed by atoms with van der Waals surface area (Å²) >= 11 is 0. The third kappa shape index (κ3) is 4.14. The number of sulfone groups is 1. The molecular formula is C19H25NO4S. The highest BCUT2D eigenvalue weighted by molar-refractivity contribution is 7.92. The van der Waals surface area contributed by atoms with Crippen molar-refractivity contribution in [3.63, 3.8) is 0 Å². The summed E-state index contributed by atoms with van der Waals surface area (Å²) in [6, 6.07) is 5.25. The minimum atomic E-state index is -3.41. The van der Waals surface area contributed by atoms with E-state index in [2.05, 4.69) is 0 Å².